The van der Waals surface area contributed by atoms with Gasteiger partial charge < -0.3 is 4.74 Å². The van der Waals surface area contributed by atoms with Crippen LogP contribution in [-0.4, -0.2) is 28.2 Å². The number of benzene rings is 1. The fraction of sp³-hybridized carbons (Fsp3) is 0.200. The third-order valence-corrected chi connectivity index (χ3v) is 3.82. The molecule has 102 valence electrons. The smallest absolute Gasteiger partial charge is 0.358 e. The standard InChI is InChI=1S/C15H14N2O2S/c1-3-19-15(18)12-14(20-2)16-13-11-7-5-4-6-10(11)8-9-17(12)13/h4-9H,3H2,1-2H3. The number of pyridine rings is 1. The van der Waals surface area contributed by atoms with Gasteiger partial charge in [0.15, 0.2) is 5.69 Å². The van der Waals surface area contributed by atoms with Gasteiger partial charge in [0.05, 0.1) is 6.61 Å². The van der Waals surface area contributed by atoms with Crippen LogP contribution < -0.4 is 0 Å². The van der Waals surface area contributed by atoms with Crippen molar-refractivity contribution in [3.63, 3.8) is 0 Å². The second-order valence-electron chi connectivity index (χ2n) is 4.29. The summed E-state index contributed by atoms with van der Waals surface area (Å²) in [7, 11) is 0. The first-order chi connectivity index (χ1) is 9.76. The Morgan fingerprint density at radius 2 is 2.15 bits per heavy atom. The molecule has 0 bridgehead atoms. The van der Waals surface area contributed by atoms with Crippen LogP contribution in [0.3, 0.4) is 0 Å². The van der Waals surface area contributed by atoms with E-state index in [0.29, 0.717) is 17.3 Å². The molecule has 0 radical (unpaired) electrons. The van der Waals surface area contributed by atoms with Crippen LogP contribution >= 0.6 is 11.8 Å². The second kappa shape index (κ2) is 5.17. The van der Waals surface area contributed by atoms with Crippen LogP contribution in [0.25, 0.3) is 16.4 Å². The SMILES string of the molecule is CCOC(=O)c1c(SC)nc2c3ccccc3ccn12. The van der Waals surface area contributed by atoms with E-state index in [1.165, 1.54) is 11.8 Å². The molecule has 0 saturated heterocycles. The van der Waals surface area contributed by atoms with Gasteiger partial charge in [-0.2, -0.15) is 0 Å². The Kier molecular flexibility index (Phi) is 3.36. The number of hydrogen-bond acceptors (Lipinski definition) is 4. The first kappa shape index (κ1) is 13.0. The van der Waals surface area contributed by atoms with E-state index in [1.807, 2.05) is 47.2 Å². The number of thioether (sulfide) groups is 1. The maximum Gasteiger partial charge on any atom is 0.358 e. The van der Waals surface area contributed by atoms with Crippen LogP contribution in [0.2, 0.25) is 0 Å². The molecule has 0 spiro atoms. The van der Waals surface area contributed by atoms with Crippen molar-refractivity contribution in [2.45, 2.75) is 11.9 Å². The van der Waals surface area contributed by atoms with Gasteiger partial charge in [0.2, 0.25) is 0 Å². The quantitative estimate of drug-likeness (QED) is 0.547. The van der Waals surface area contributed by atoms with Gasteiger partial charge in [-0.15, -0.1) is 11.8 Å². The number of nitrogens with zero attached hydrogens (tertiary/aromatic N) is 2. The molecule has 0 amide bonds. The van der Waals surface area contributed by atoms with Crippen molar-refractivity contribution in [1.29, 1.82) is 0 Å². The molecular formula is C15H14N2O2S. The third kappa shape index (κ3) is 1.94. The van der Waals surface area contributed by atoms with Crippen LogP contribution in [-0.2, 0) is 4.74 Å². The maximum atomic E-state index is 12.1. The maximum absolute atomic E-state index is 12.1. The van der Waals surface area contributed by atoms with E-state index < -0.39 is 0 Å². The van der Waals surface area contributed by atoms with E-state index in [1.54, 1.807) is 6.92 Å². The Bertz CT molecular complexity index is 795. The number of imidazole rings is 1. The van der Waals surface area contributed by atoms with Crippen molar-refractivity contribution in [3.05, 3.63) is 42.2 Å². The number of fused-ring (bicyclic) bond motifs is 3. The molecule has 0 fully saturated rings. The molecule has 0 unspecified atom stereocenters. The molecule has 0 aliphatic rings. The van der Waals surface area contributed by atoms with E-state index in [0.717, 1.165) is 16.4 Å². The molecule has 2 aromatic heterocycles. The normalized spacial score (nSPS) is 11.1. The van der Waals surface area contributed by atoms with E-state index >= 15 is 0 Å². The first-order valence-electron chi connectivity index (χ1n) is 6.37. The fourth-order valence-electron chi connectivity index (χ4n) is 2.28. The molecule has 0 aliphatic carbocycles. The number of hydrogen-bond donors (Lipinski definition) is 0. The van der Waals surface area contributed by atoms with Gasteiger partial charge in [0, 0.05) is 11.6 Å². The molecule has 4 nitrogen and oxygen atoms in total. The van der Waals surface area contributed by atoms with Crippen LogP contribution in [0.1, 0.15) is 17.4 Å². The summed E-state index contributed by atoms with van der Waals surface area (Å²) in [4.78, 5) is 16.7. The molecule has 0 aliphatic heterocycles. The lowest BCUT2D eigenvalue weighted by molar-refractivity contribution is 0.0514. The van der Waals surface area contributed by atoms with Crippen molar-refractivity contribution in [2.75, 3.05) is 12.9 Å². The highest BCUT2D eigenvalue weighted by Gasteiger charge is 2.20. The highest BCUT2D eigenvalue weighted by Crippen LogP contribution is 2.27. The average molecular weight is 286 g/mol. The van der Waals surface area contributed by atoms with Crippen LogP contribution in [0, 0.1) is 0 Å². The first-order valence-corrected chi connectivity index (χ1v) is 7.59. The zero-order chi connectivity index (χ0) is 14.1. The summed E-state index contributed by atoms with van der Waals surface area (Å²) in [6, 6.07) is 9.99. The van der Waals surface area contributed by atoms with Crippen molar-refractivity contribution in [1.82, 2.24) is 9.38 Å². The van der Waals surface area contributed by atoms with Crippen LogP contribution in [0.4, 0.5) is 0 Å². The van der Waals surface area contributed by atoms with Gasteiger partial charge in [0.1, 0.15) is 10.7 Å². The summed E-state index contributed by atoms with van der Waals surface area (Å²) < 4.78 is 6.95. The van der Waals surface area contributed by atoms with Crippen LogP contribution in [0.15, 0.2) is 41.6 Å². The predicted molar refractivity (Wildman–Crippen MR) is 80.4 cm³/mol. The zero-order valence-electron chi connectivity index (χ0n) is 11.3. The second-order valence-corrected chi connectivity index (χ2v) is 5.08. The lowest BCUT2D eigenvalue weighted by Gasteiger charge is -2.04. The molecule has 0 N–H and O–H groups in total. The Labute approximate surface area is 120 Å². The van der Waals surface area contributed by atoms with Crippen molar-refractivity contribution in [2.24, 2.45) is 0 Å². The lowest BCUT2D eigenvalue weighted by atomic mass is 10.2. The van der Waals surface area contributed by atoms with Crippen molar-refractivity contribution in [3.8, 4) is 0 Å². The van der Waals surface area contributed by atoms with Crippen molar-refractivity contribution >= 4 is 34.2 Å². The lowest BCUT2D eigenvalue weighted by Crippen LogP contribution is -2.09. The number of carbonyl (C=O) groups excluding carboxylic acids is 1. The molecular weight excluding hydrogens is 272 g/mol. The van der Waals surface area contributed by atoms with Crippen LogP contribution in [0.5, 0.6) is 0 Å². The van der Waals surface area contributed by atoms with Gasteiger partial charge >= 0.3 is 5.97 Å². The van der Waals surface area contributed by atoms with E-state index in [9.17, 15) is 4.79 Å². The molecule has 0 saturated carbocycles. The Morgan fingerprint density at radius 3 is 2.90 bits per heavy atom. The van der Waals surface area contributed by atoms with E-state index in [4.69, 9.17) is 4.74 Å². The number of aromatic nitrogens is 2. The highest BCUT2D eigenvalue weighted by atomic mass is 32.2. The summed E-state index contributed by atoms with van der Waals surface area (Å²) >= 11 is 1.45. The van der Waals surface area contributed by atoms with E-state index in [2.05, 4.69) is 4.98 Å². The minimum atomic E-state index is -0.334. The summed E-state index contributed by atoms with van der Waals surface area (Å²) in [5.74, 6) is -0.334. The summed E-state index contributed by atoms with van der Waals surface area (Å²) in [5.41, 5.74) is 1.29. The Morgan fingerprint density at radius 1 is 1.35 bits per heavy atom. The van der Waals surface area contributed by atoms with Gasteiger partial charge in [0.25, 0.3) is 0 Å². The molecule has 5 heteroatoms. The number of ether oxygens (including phenoxy) is 1. The number of carbonyl (C=O) groups is 1. The number of esters is 1. The highest BCUT2D eigenvalue weighted by molar-refractivity contribution is 7.98. The van der Waals surface area contributed by atoms with Gasteiger partial charge in [-0.25, -0.2) is 9.78 Å². The molecule has 20 heavy (non-hydrogen) atoms. The number of rotatable bonds is 3. The Balaban J connectivity index is 2.34. The van der Waals surface area contributed by atoms with Crippen molar-refractivity contribution < 1.29 is 9.53 Å². The molecule has 0 atom stereocenters. The fourth-order valence-corrected chi connectivity index (χ4v) is 2.83. The average Bonchev–Trinajstić information content (AvgIpc) is 2.86. The summed E-state index contributed by atoms with van der Waals surface area (Å²) in [6.07, 6.45) is 3.78. The minimum Gasteiger partial charge on any atom is -0.461 e. The van der Waals surface area contributed by atoms with Gasteiger partial charge in [-0.1, -0.05) is 24.3 Å². The summed E-state index contributed by atoms with van der Waals surface area (Å²) in [6.45, 7) is 2.16. The van der Waals surface area contributed by atoms with Gasteiger partial charge in [-0.05, 0) is 24.6 Å². The van der Waals surface area contributed by atoms with E-state index in [-0.39, 0.29) is 5.97 Å². The molecule has 2 heterocycles. The van der Waals surface area contributed by atoms with Gasteiger partial charge in [-0.3, -0.25) is 4.40 Å². The monoisotopic (exact) mass is 286 g/mol. The molecule has 3 aromatic rings. The Hall–Kier alpha value is -2.01. The predicted octanol–water partition coefficient (Wildman–Crippen LogP) is 3.39. The molecule has 1 aromatic carbocycles. The topological polar surface area (TPSA) is 43.6 Å². The minimum absolute atomic E-state index is 0.334. The molecule has 3 rings (SSSR count). The zero-order valence-corrected chi connectivity index (χ0v) is 12.1. The summed E-state index contributed by atoms with van der Waals surface area (Å²) in [5, 5.41) is 2.83. The third-order valence-electron chi connectivity index (χ3n) is 3.15. The largest absolute Gasteiger partial charge is 0.461 e.